The standard InChI is InChI=1S/C43H80NO7P/c1-6-8-10-12-14-16-18-20-21-22-23-24-26-28-30-32-34-36-43(45)51-42(41-50-52(46,47)49-39-37-44(3,4)5)40-48-38-35-33-31-29-27-25-19-17-15-13-11-9-7-2/h14,16,20-21,23-24,28,30,42H,6-13,15,17-19,22,25-27,29,31-41H2,1-5H3/b16-14-,21-20-,24-23-,30-28-. The first-order valence-corrected chi connectivity index (χ1v) is 22.3. The molecule has 0 N–H and O–H groups in total. The molecule has 52 heavy (non-hydrogen) atoms. The molecule has 0 rings (SSSR count). The van der Waals surface area contributed by atoms with Gasteiger partial charge in [0, 0.05) is 13.0 Å². The smallest absolute Gasteiger partial charge is 0.306 e. The van der Waals surface area contributed by atoms with Gasteiger partial charge in [-0.3, -0.25) is 9.36 Å². The summed E-state index contributed by atoms with van der Waals surface area (Å²) in [6.07, 6.45) is 42.7. The lowest BCUT2D eigenvalue weighted by Crippen LogP contribution is -2.37. The van der Waals surface area contributed by atoms with Crippen LogP contribution in [0, 0.1) is 0 Å². The third kappa shape index (κ3) is 39.7. The number of carbonyl (C=O) groups excluding carboxylic acids is 1. The molecule has 0 bridgehead atoms. The van der Waals surface area contributed by atoms with E-state index in [1.807, 2.05) is 21.1 Å². The van der Waals surface area contributed by atoms with Crippen LogP contribution in [-0.4, -0.2) is 70.7 Å². The van der Waals surface area contributed by atoms with Crippen LogP contribution in [-0.2, 0) is 27.9 Å². The van der Waals surface area contributed by atoms with Crippen LogP contribution in [0.4, 0.5) is 0 Å². The van der Waals surface area contributed by atoms with Gasteiger partial charge in [-0.05, 0) is 51.4 Å². The summed E-state index contributed by atoms with van der Waals surface area (Å²) in [4.78, 5) is 25.0. The first-order valence-electron chi connectivity index (χ1n) is 20.9. The number of hydrogen-bond donors (Lipinski definition) is 0. The highest BCUT2D eigenvalue weighted by Gasteiger charge is 2.20. The monoisotopic (exact) mass is 754 g/mol. The van der Waals surface area contributed by atoms with Gasteiger partial charge in [-0.1, -0.05) is 152 Å². The molecule has 0 aromatic carbocycles. The zero-order valence-electron chi connectivity index (χ0n) is 34.2. The number of esters is 1. The first kappa shape index (κ1) is 50.5. The van der Waals surface area contributed by atoms with Gasteiger partial charge in [0.25, 0.3) is 7.82 Å². The van der Waals surface area contributed by atoms with Gasteiger partial charge in [0.1, 0.15) is 19.3 Å². The highest BCUT2D eigenvalue weighted by Crippen LogP contribution is 2.38. The number of quaternary nitrogens is 1. The van der Waals surface area contributed by atoms with E-state index in [0.29, 0.717) is 24.1 Å². The van der Waals surface area contributed by atoms with Crippen molar-refractivity contribution in [2.75, 3.05) is 54.1 Å². The van der Waals surface area contributed by atoms with Crippen molar-refractivity contribution >= 4 is 13.8 Å². The Morgan fingerprint density at radius 3 is 1.58 bits per heavy atom. The second-order valence-corrected chi connectivity index (χ2v) is 16.4. The van der Waals surface area contributed by atoms with Crippen LogP contribution < -0.4 is 4.89 Å². The van der Waals surface area contributed by atoms with Crippen molar-refractivity contribution in [1.29, 1.82) is 0 Å². The van der Waals surface area contributed by atoms with Crippen molar-refractivity contribution in [3.63, 3.8) is 0 Å². The van der Waals surface area contributed by atoms with Crippen LogP contribution in [0.15, 0.2) is 48.6 Å². The number of likely N-dealkylation sites (N-methyl/N-ethyl adjacent to an activating group) is 1. The maximum absolute atomic E-state index is 12.6. The molecule has 2 unspecified atom stereocenters. The second-order valence-electron chi connectivity index (χ2n) is 15.0. The molecule has 9 heteroatoms. The minimum atomic E-state index is -4.53. The van der Waals surface area contributed by atoms with E-state index in [-0.39, 0.29) is 32.2 Å². The number of phosphoric acid groups is 1. The second kappa shape index (κ2) is 36.4. The Balaban J connectivity index is 4.37. The predicted octanol–water partition coefficient (Wildman–Crippen LogP) is 11.4. The fraction of sp³-hybridized carbons (Fsp3) is 0.791. The Kier molecular flexibility index (Phi) is 35.4. The number of ether oxygens (including phenoxy) is 2. The lowest BCUT2D eigenvalue weighted by molar-refractivity contribution is -0.870. The molecule has 0 saturated heterocycles. The number of nitrogens with zero attached hydrogens (tertiary/aromatic N) is 1. The van der Waals surface area contributed by atoms with E-state index in [4.69, 9.17) is 18.5 Å². The number of hydrogen-bond acceptors (Lipinski definition) is 7. The molecule has 0 aliphatic heterocycles. The summed E-state index contributed by atoms with van der Waals surface area (Å²) in [6.45, 7) is 5.31. The summed E-state index contributed by atoms with van der Waals surface area (Å²) in [5.74, 6) is -0.388. The van der Waals surface area contributed by atoms with E-state index >= 15 is 0 Å². The number of phosphoric ester groups is 1. The number of unbranched alkanes of at least 4 members (excludes halogenated alkanes) is 16. The Bertz CT molecular complexity index is 973. The zero-order chi connectivity index (χ0) is 38.4. The summed E-state index contributed by atoms with van der Waals surface area (Å²) >= 11 is 0. The molecule has 0 radical (unpaired) electrons. The molecule has 304 valence electrons. The minimum absolute atomic E-state index is 0.0156. The fourth-order valence-electron chi connectivity index (χ4n) is 5.36. The number of carbonyl (C=O) groups is 1. The topological polar surface area (TPSA) is 94.1 Å². The maximum atomic E-state index is 12.6. The van der Waals surface area contributed by atoms with Crippen LogP contribution in [0.5, 0.6) is 0 Å². The van der Waals surface area contributed by atoms with Crippen molar-refractivity contribution in [2.24, 2.45) is 0 Å². The first-order chi connectivity index (χ1) is 25.1. The van der Waals surface area contributed by atoms with Gasteiger partial charge in [0.2, 0.25) is 0 Å². The predicted molar refractivity (Wildman–Crippen MR) is 217 cm³/mol. The van der Waals surface area contributed by atoms with E-state index < -0.39 is 13.9 Å². The molecular formula is C43H80NO7P. The van der Waals surface area contributed by atoms with Crippen molar-refractivity contribution in [3.05, 3.63) is 48.6 Å². The minimum Gasteiger partial charge on any atom is -0.756 e. The number of allylic oxidation sites excluding steroid dienone is 8. The van der Waals surface area contributed by atoms with Crippen molar-refractivity contribution in [2.45, 2.75) is 168 Å². The van der Waals surface area contributed by atoms with Crippen molar-refractivity contribution in [1.82, 2.24) is 0 Å². The molecular weight excluding hydrogens is 673 g/mol. The quantitative estimate of drug-likeness (QED) is 0.0204. The van der Waals surface area contributed by atoms with E-state index in [2.05, 4.69) is 62.5 Å². The molecule has 0 heterocycles. The number of rotatable bonds is 38. The van der Waals surface area contributed by atoms with Crippen LogP contribution in [0.2, 0.25) is 0 Å². The summed E-state index contributed by atoms with van der Waals surface area (Å²) in [5.41, 5.74) is 0. The van der Waals surface area contributed by atoms with Crippen LogP contribution in [0.25, 0.3) is 0 Å². The summed E-state index contributed by atoms with van der Waals surface area (Å²) < 4.78 is 34.4. The largest absolute Gasteiger partial charge is 0.756 e. The summed E-state index contributed by atoms with van der Waals surface area (Å²) in [7, 11) is 1.32. The molecule has 0 saturated carbocycles. The third-order valence-corrected chi connectivity index (χ3v) is 9.60. The molecule has 2 atom stereocenters. The van der Waals surface area contributed by atoms with Gasteiger partial charge < -0.3 is 27.9 Å². The Labute approximate surface area is 320 Å². The molecule has 8 nitrogen and oxygen atoms in total. The van der Waals surface area contributed by atoms with Gasteiger partial charge in [-0.2, -0.15) is 0 Å². The molecule has 0 aliphatic rings. The lowest BCUT2D eigenvalue weighted by atomic mass is 10.0. The Hall–Kier alpha value is -1.54. The molecule has 0 spiro atoms. The SMILES string of the molecule is CCCCC/C=C\C/C=C\C/C=C\C/C=C\CCCC(=O)OC(COCCCCCCCCCCCCCCC)COP(=O)([O-])OCC[N+](C)(C)C. The van der Waals surface area contributed by atoms with Crippen molar-refractivity contribution in [3.8, 4) is 0 Å². The lowest BCUT2D eigenvalue weighted by Gasteiger charge is -2.28. The van der Waals surface area contributed by atoms with Gasteiger partial charge in [0.05, 0.1) is 34.4 Å². The molecule has 0 aliphatic carbocycles. The van der Waals surface area contributed by atoms with Crippen molar-refractivity contribution < 1.29 is 37.3 Å². The van der Waals surface area contributed by atoms with Gasteiger partial charge >= 0.3 is 5.97 Å². The zero-order valence-corrected chi connectivity index (χ0v) is 35.1. The Morgan fingerprint density at radius 1 is 0.596 bits per heavy atom. The van der Waals surface area contributed by atoms with E-state index in [9.17, 15) is 14.3 Å². The van der Waals surface area contributed by atoms with Gasteiger partial charge in [-0.15, -0.1) is 0 Å². The van der Waals surface area contributed by atoms with E-state index in [1.54, 1.807) is 0 Å². The average molecular weight is 754 g/mol. The van der Waals surface area contributed by atoms with Crippen LogP contribution in [0.1, 0.15) is 162 Å². The van der Waals surface area contributed by atoms with E-state index in [1.165, 1.54) is 96.3 Å². The highest BCUT2D eigenvalue weighted by atomic mass is 31.2. The molecule has 0 aromatic heterocycles. The normalized spacial score (nSPS) is 14.3. The highest BCUT2D eigenvalue weighted by molar-refractivity contribution is 7.45. The van der Waals surface area contributed by atoms with Gasteiger partial charge in [0.15, 0.2) is 0 Å². The molecule has 0 amide bonds. The van der Waals surface area contributed by atoms with Crippen LogP contribution >= 0.6 is 7.82 Å². The Morgan fingerprint density at radius 2 is 1.06 bits per heavy atom. The summed E-state index contributed by atoms with van der Waals surface area (Å²) in [6, 6.07) is 0. The van der Waals surface area contributed by atoms with Crippen LogP contribution in [0.3, 0.4) is 0 Å². The average Bonchev–Trinajstić information content (AvgIpc) is 3.09. The summed E-state index contributed by atoms with van der Waals surface area (Å²) in [5, 5.41) is 0. The van der Waals surface area contributed by atoms with E-state index in [0.717, 1.165) is 38.5 Å². The third-order valence-electron chi connectivity index (χ3n) is 8.63. The van der Waals surface area contributed by atoms with Gasteiger partial charge in [-0.25, -0.2) is 0 Å². The fourth-order valence-corrected chi connectivity index (χ4v) is 6.09. The molecule has 0 aromatic rings. The molecule has 0 fully saturated rings. The maximum Gasteiger partial charge on any atom is 0.306 e.